The molecule has 0 aliphatic carbocycles. The Balaban J connectivity index is 1.80. The number of ether oxygens (including phenoxy) is 1. The zero-order chi connectivity index (χ0) is 17.1. The summed E-state index contributed by atoms with van der Waals surface area (Å²) in [5, 5.41) is 2.61. The fraction of sp³-hybridized carbons (Fsp3) is 0.0588. The van der Waals surface area contributed by atoms with E-state index in [1.807, 2.05) is 42.5 Å². The van der Waals surface area contributed by atoms with E-state index < -0.39 is 0 Å². The zero-order valence-corrected chi connectivity index (χ0v) is 17.0. The number of benzene rings is 2. The van der Waals surface area contributed by atoms with E-state index in [1.165, 1.54) is 11.8 Å². The second-order valence-electron chi connectivity index (χ2n) is 4.94. The Kier molecular flexibility index (Phi) is 5.76. The molecule has 3 nitrogen and oxygen atoms in total. The molecule has 0 radical (unpaired) electrons. The molecule has 2 aromatic carbocycles. The minimum Gasteiger partial charge on any atom is -0.487 e. The van der Waals surface area contributed by atoms with Crippen LogP contribution in [0.4, 0.5) is 0 Å². The first-order chi connectivity index (χ1) is 11.5. The van der Waals surface area contributed by atoms with E-state index in [2.05, 4.69) is 37.2 Å². The molecule has 3 rings (SSSR count). The standard InChI is InChI=1S/C17H11Br2NO2S2/c18-12-6-11(8-14-16(21)20-17(23)24-14)7-13(19)15(12)22-9-10-4-2-1-3-5-10/h1-8H,9H2,(H,20,21,23)/b14-8-. The van der Waals surface area contributed by atoms with E-state index in [0.29, 0.717) is 15.8 Å². The average Bonchev–Trinajstić information content (AvgIpc) is 2.85. The maximum Gasteiger partial charge on any atom is 0.263 e. The molecule has 1 saturated heterocycles. The van der Waals surface area contributed by atoms with Gasteiger partial charge in [-0.2, -0.15) is 0 Å². The van der Waals surface area contributed by atoms with Crippen LogP contribution in [0.25, 0.3) is 6.08 Å². The van der Waals surface area contributed by atoms with Crippen LogP contribution in [-0.4, -0.2) is 10.2 Å². The van der Waals surface area contributed by atoms with Crippen LogP contribution in [0.15, 0.2) is 56.3 Å². The number of thioether (sulfide) groups is 1. The number of carbonyl (C=O) groups is 1. The van der Waals surface area contributed by atoms with Crippen molar-refractivity contribution >= 4 is 72.1 Å². The van der Waals surface area contributed by atoms with Crippen molar-refractivity contribution in [3.8, 4) is 5.75 Å². The lowest BCUT2D eigenvalue weighted by Crippen LogP contribution is -2.17. The molecule has 0 saturated carbocycles. The van der Waals surface area contributed by atoms with Crippen molar-refractivity contribution in [1.82, 2.24) is 5.32 Å². The summed E-state index contributed by atoms with van der Waals surface area (Å²) in [7, 11) is 0. The monoisotopic (exact) mass is 483 g/mol. The largest absolute Gasteiger partial charge is 0.487 e. The number of thiocarbonyl (C=S) groups is 1. The topological polar surface area (TPSA) is 38.3 Å². The molecule has 0 atom stereocenters. The fourth-order valence-electron chi connectivity index (χ4n) is 2.10. The lowest BCUT2D eigenvalue weighted by atomic mass is 10.2. The highest BCUT2D eigenvalue weighted by molar-refractivity contribution is 9.11. The van der Waals surface area contributed by atoms with E-state index in [-0.39, 0.29) is 5.91 Å². The maximum absolute atomic E-state index is 11.7. The predicted molar refractivity (Wildman–Crippen MR) is 109 cm³/mol. The molecular weight excluding hydrogens is 474 g/mol. The van der Waals surface area contributed by atoms with Gasteiger partial charge >= 0.3 is 0 Å². The van der Waals surface area contributed by atoms with E-state index in [4.69, 9.17) is 17.0 Å². The van der Waals surface area contributed by atoms with Crippen LogP contribution in [0.5, 0.6) is 5.75 Å². The Labute approximate surface area is 166 Å². The summed E-state index contributed by atoms with van der Waals surface area (Å²) in [5.41, 5.74) is 1.97. The molecule has 1 N–H and O–H groups in total. The first-order valence-corrected chi connectivity index (χ1v) is 9.74. The van der Waals surface area contributed by atoms with Crippen molar-refractivity contribution in [1.29, 1.82) is 0 Å². The second-order valence-corrected chi connectivity index (χ2v) is 8.37. The van der Waals surface area contributed by atoms with Gasteiger partial charge in [0.25, 0.3) is 5.91 Å². The summed E-state index contributed by atoms with van der Waals surface area (Å²) < 4.78 is 8.00. The zero-order valence-electron chi connectivity index (χ0n) is 12.2. The molecule has 2 aromatic rings. The van der Waals surface area contributed by atoms with E-state index in [0.717, 1.165) is 25.8 Å². The second kappa shape index (κ2) is 7.82. The SMILES string of the molecule is O=C1NC(=S)S/C1=C\c1cc(Br)c(OCc2ccccc2)c(Br)c1. The molecule has 0 bridgehead atoms. The number of amides is 1. The van der Waals surface area contributed by atoms with Crippen LogP contribution >= 0.6 is 55.8 Å². The maximum atomic E-state index is 11.7. The Morgan fingerprint density at radius 1 is 1.17 bits per heavy atom. The third kappa shape index (κ3) is 4.27. The molecule has 1 amide bonds. The smallest absolute Gasteiger partial charge is 0.263 e. The van der Waals surface area contributed by atoms with Crippen LogP contribution < -0.4 is 10.1 Å². The van der Waals surface area contributed by atoms with Crippen LogP contribution in [-0.2, 0) is 11.4 Å². The van der Waals surface area contributed by atoms with Gasteiger partial charge in [0.15, 0.2) is 0 Å². The van der Waals surface area contributed by atoms with Crippen LogP contribution in [0.3, 0.4) is 0 Å². The van der Waals surface area contributed by atoms with Crippen LogP contribution in [0, 0.1) is 0 Å². The molecule has 1 aliphatic heterocycles. The third-order valence-corrected chi connectivity index (χ3v) is 5.53. The van der Waals surface area contributed by atoms with Crippen molar-refractivity contribution in [2.24, 2.45) is 0 Å². The Bertz CT molecular complexity index is 815. The van der Waals surface area contributed by atoms with Gasteiger partial charge in [0.1, 0.15) is 16.7 Å². The number of rotatable bonds is 4. The quantitative estimate of drug-likeness (QED) is 0.473. The molecule has 1 fully saturated rings. The fourth-order valence-corrected chi connectivity index (χ4v) is 4.60. The highest BCUT2D eigenvalue weighted by Crippen LogP contribution is 2.37. The summed E-state index contributed by atoms with van der Waals surface area (Å²) in [6, 6.07) is 13.8. The van der Waals surface area contributed by atoms with E-state index in [1.54, 1.807) is 6.08 Å². The number of nitrogens with one attached hydrogen (secondary N) is 1. The van der Waals surface area contributed by atoms with Gasteiger partial charge in [0.2, 0.25) is 0 Å². The summed E-state index contributed by atoms with van der Waals surface area (Å²) in [4.78, 5) is 12.3. The minimum atomic E-state index is -0.165. The predicted octanol–water partition coefficient (Wildman–Crippen LogP) is 5.28. The van der Waals surface area contributed by atoms with Crippen molar-refractivity contribution in [2.75, 3.05) is 0 Å². The molecule has 24 heavy (non-hydrogen) atoms. The number of halogens is 2. The summed E-state index contributed by atoms with van der Waals surface area (Å²) in [6.07, 6.45) is 1.80. The van der Waals surface area contributed by atoms with Gasteiger partial charge in [0, 0.05) is 0 Å². The lowest BCUT2D eigenvalue weighted by Gasteiger charge is -2.11. The summed E-state index contributed by atoms with van der Waals surface area (Å²) in [5.74, 6) is 0.557. The normalized spacial score (nSPS) is 15.7. The first-order valence-electron chi connectivity index (χ1n) is 6.93. The number of hydrogen-bond donors (Lipinski definition) is 1. The highest BCUT2D eigenvalue weighted by Gasteiger charge is 2.22. The van der Waals surface area contributed by atoms with Crippen molar-refractivity contribution in [2.45, 2.75) is 6.61 Å². The van der Waals surface area contributed by atoms with E-state index in [9.17, 15) is 4.79 Å². The molecule has 1 heterocycles. The molecule has 1 aliphatic rings. The van der Waals surface area contributed by atoms with Gasteiger partial charge in [0.05, 0.1) is 13.9 Å². The van der Waals surface area contributed by atoms with E-state index >= 15 is 0 Å². The average molecular weight is 485 g/mol. The van der Waals surface area contributed by atoms with Gasteiger partial charge < -0.3 is 10.1 Å². The molecular formula is C17H11Br2NO2S2. The van der Waals surface area contributed by atoms with Gasteiger partial charge in [-0.25, -0.2) is 0 Å². The summed E-state index contributed by atoms with van der Waals surface area (Å²) >= 11 is 13.3. The molecule has 0 spiro atoms. The van der Waals surface area contributed by atoms with Gasteiger partial charge in [-0.15, -0.1) is 0 Å². The van der Waals surface area contributed by atoms with Crippen molar-refractivity contribution in [3.05, 3.63) is 67.4 Å². The van der Waals surface area contributed by atoms with Crippen LogP contribution in [0.2, 0.25) is 0 Å². The minimum absolute atomic E-state index is 0.165. The number of hydrogen-bond acceptors (Lipinski definition) is 4. The number of carbonyl (C=O) groups excluding carboxylic acids is 1. The van der Waals surface area contributed by atoms with Gasteiger partial charge in [-0.1, -0.05) is 54.3 Å². The molecule has 0 aromatic heterocycles. The Hall–Kier alpha value is -1.15. The molecule has 7 heteroatoms. The van der Waals surface area contributed by atoms with Gasteiger partial charge in [-0.3, -0.25) is 4.79 Å². The molecule has 122 valence electrons. The first kappa shape index (κ1) is 17.7. The summed E-state index contributed by atoms with van der Waals surface area (Å²) in [6.45, 7) is 0.477. The van der Waals surface area contributed by atoms with Crippen molar-refractivity contribution < 1.29 is 9.53 Å². The van der Waals surface area contributed by atoms with Crippen molar-refractivity contribution in [3.63, 3.8) is 0 Å². The van der Waals surface area contributed by atoms with Gasteiger partial charge in [-0.05, 0) is 61.2 Å². The third-order valence-electron chi connectivity index (χ3n) is 3.19. The Morgan fingerprint density at radius 2 is 1.83 bits per heavy atom. The van der Waals surface area contributed by atoms with Crippen LogP contribution in [0.1, 0.15) is 11.1 Å². The molecule has 0 unspecified atom stereocenters. The lowest BCUT2D eigenvalue weighted by molar-refractivity contribution is -0.115. The highest BCUT2D eigenvalue weighted by atomic mass is 79.9. The Morgan fingerprint density at radius 3 is 2.42 bits per heavy atom.